The van der Waals surface area contributed by atoms with Crippen LogP contribution in [0.1, 0.15) is 56.3 Å². The molecule has 1 aromatic carbocycles. The van der Waals surface area contributed by atoms with Gasteiger partial charge in [0.25, 0.3) is 0 Å². The van der Waals surface area contributed by atoms with E-state index in [0.29, 0.717) is 11.5 Å². The quantitative estimate of drug-likeness (QED) is 0.711. The van der Waals surface area contributed by atoms with E-state index >= 15 is 0 Å². The minimum Gasteiger partial charge on any atom is -0.294 e. The van der Waals surface area contributed by atoms with Crippen LogP contribution in [0.25, 0.3) is 0 Å². The molecule has 0 spiro atoms. The lowest BCUT2D eigenvalue weighted by Crippen LogP contribution is -2.30. The van der Waals surface area contributed by atoms with Gasteiger partial charge in [-0.2, -0.15) is 0 Å². The van der Waals surface area contributed by atoms with Crippen molar-refractivity contribution in [1.29, 1.82) is 0 Å². The van der Waals surface area contributed by atoms with E-state index in [1.807, 2.05) is 0 Å². The van der Waals surface area contributed by atoms with Gasteiger partial charge in [0.1, 0.15) is 5.82 Å². The number of carbonyl (C=O) groups excluding carboxylic acids is 1. The fourth-order valence-electron chi connectivity index (χ4n) is 3.29. The Morgan fingerprint density at radius 3 is 2.56 bits per heavy atom. The van der Waals surface area contributed by atoms with Gasteiger partial charge in [0.2, 0.25) is 0 Å². The Morgan fingerprint density at radius 1 is 1.33 bits per heavy atom. The van der Waals surface area contributed by atoms with Crippen molar-refractivity contribution in [2.45, 2.75) is 46.0 Å². The van der Waals surface area contributed by atoms with E-state index in [2.05, 4.69) is 13.8 Å². The molecule has 0 amide bonds. The summed E-state index contributed by atoms with van der Waals surface area (Å²) >= 11 is 0. The second-order valence-corrected chi connectivity index (χ2v) is 5.92. The zero-order valence-corrected chi connectivity index (χ0v) is 11.2. The lowest BCUT2D eigenvalue weighted by Gasteiger charge is -2.29. The van der Waals surface area contributed by atoms with Gasteiger partial charge in [-0.25, -0.2) is 4.39 Å². The molecule has 1 saturated carbocycles. The Balaban J connectivity index is 2.29. The van der Waals surface area contributed by atoms with Gasteiger partial charge in [-0.3, -0.25) is 4.79 Å². The molecule has 1 aliphatic carbocycles. The summed E-state index contributed by atoms with van der Waals surface area (Å²) in [5, 5.41) is 0. The van der Waals surface area contributed by atoms with Gasteiger partial charge in [-0.05, 0) is 37.3 Å². The second kappa shape index (κ2) is 5.21. The smallest absolute Gasteiger partial charge is 0.169 e. The lowest BCUT2D eigenvalue weighted by atomic mass is 9.73. The van der Waals surface area contributed by atoms with Crippen molar-refractivity contribution in [2.24, 2.45) is 11.3 Å². The standard InChI is InChI=1S/C16H21FO/c1-12(2)11-16(8-3-4-9-16)15(18)13-6-5-7-14(17)10-13/h5-7,10,12H,3-4,8-9,11H2,1-2H3. The van der Waals surface area contributed by atoms with E-state index < -0.39 is 0 Å². The molecule has 1 aromatic rings. The largest absolute Gasteiger partial charge is 0.294 e. The molecule has 0 saturated heterocycles. The zero-order chi connectivity index (χ0) is 13.2. The van der Waals surface area contributed by atoms with Gasteiger partial charge in [-0.15, -0.1) is 0 Å². The first-order chi connectivity index (χ1) is 8.53. The normalized spacial score (nSPS) is 18.2. The van der Waals surface area contributed by atoms with Crippen molar-refractivity contribution in [3.63, 3.8) is 0 Å². The molecule has 1 fully saturated rings. The average Bonchev–Trinajstić information content (AvgIpc) is 2.77. The first-order valence-corrected chi connectivity index (χ1v) is 6.84. The van der Waals surface area contributed by atoms with Gasteiger partial charge in [-0.1, -0.05) is 38.8 Å². The first-order valence-electron chi connectivity index (χ1n) is 6.84. The van der Waals surface area contributed by atoms with Crippen LogP contribution < -0.4 is 0 Å². The van der Waals surface area contributed by atoms with Gasteiger partial charge in [0.05, 0.1) is 0 Å². The van der Waals surface area contributed by atoms with Crippen LogP contribution in [-0.2, 0) is 0 Å². The van der Waals surface area contributed by atoms with E-state index in [-0.39, 0.29) is 17.0 Å². The van der Waals surface area contributed by atoms with E-state index in [1.165, 1.54) is 12.1 Å². The molecule has 98 valence electrons. The first kappa shape index (κ1) is 13.3. The number of carbonyl (C=O) groups is 1. The molecule has 2 heteroatoms. The molecule has 0 heterocycles. The monoisotopic (exact) mass is 248 g/mol. The molecule has 0 atom stereocenters. The van der Waals surface area contributed by atoms with Crippen LogP contribution in [0.15, 0.2) is 24.3 Å². The van der Waals surface area contributed by atoms with E-state index in [0.717, 1.165) is 32.1 Å². The molecule has 0 radical (unpaired) electrons. The molecule has 0 bridgehead atoms. The van der Waals surface area contributed by atoms with E-state index in [4.69, 9.17) is 0 Å². The van der Waals surface area contributed by atoms with Crippen molar-refractivity contribution in [2.75, 3.05) is 0 Å². The number of hydrogen-bond donors (Lipinski definition) is 0. The maximum Gasteiger partial charge on any atom is 0.169 e. The molecule has 0 N–H and O–H groups in total. The van der Waals surface area contributed by atoms with Crippen molar-refractivity contribution < 1.29 is 9.18 Å². The van der Waals surface area contributed by atoms with Crippen LogP contribution in [0, 0.1) is 17.2 Å². The third-order valence-corrected chi connectivity index (χ3v) is 3.93. The van der Waals surface area contributed by atoms with Gasteiger partial charge < -0.3 is 0 Å². The third kappa shape index (κ3) is 2.63. The van der Waals surface area contributed by atoms with Crippen molar-refractivity contribution in [3.8, 4) is 0 Å². The summed E-state index contributed by atoms with van der Waals surface area (Å²) in [7, 11) is 0. The van der Waals surface area contributed by atoms with Crippen molar-refractivity contribution in [1.82, 2.24) is 0 Å². The number of ketones is 1. The van der Waals surface area contributed by atoms with Crippen LogP contribution in [0.5, 0.6) is 0 Å². The number of hydrogen-bond acceptors (Lipinski definition) is 1. The highest BCUT2D eigenvalue weighted by molar-refractivity contribution is 6.00. The lowest BCUT2D eigenvalue weighted by molar-refractivity contribution is 0.0759. The minimum absolute atomic E-state index is 0.146. The summed E-state index contributed by atoms with van der Waals surface area (Å²) in [5.74, 6) is 0.326. The predicted molar refractivity (Wildman–Crippen MR) is 71.1 cm³/mol. The Bertz CT molecular complexity index is 430. The highest BCUT2D eigenvalue weighted by Gasteiger charge is 2.41. The predicted octanol–water partition coefficient (Wildman–Crippen LogP) is 4.61. The highest BCUT2D eigenvalue weighted by Crippen LogP contribution is 2.45. The summed E-state index contributed by atoms with van der Waals surface area (Å²) in [5.41, 5.74) is 0.305. The number of Topliss-reactive ketones (excluding diaryl/α,β-unsaturated/α-hetero) is 1. The Labute approximate surface area is 108 Å². The average molecular weight is 248 g/mol. The molecule has 1 nitrogen and oxygen atoms in total. The fourth-order valence-corrected chi connectivity index (χ4v) is 3.29. The van der Waals surface area contributed by atoms with Gasteiger partial charge in [0, 0.05) is 11.0 Å². The molecular formula is C16H21FO. The summed E-state index contributed by atoms with van der Waals surface area (Å²) in [6.07, 6.45) is 5.07. The van der Waals surface area contributed by atoms with E-state index in [1.54, 1.807) is 12.1 Å². The summed E-state index contributed by atoms with van der Waals surface area (Å²) in [6.45, 7) is 4.30. The topological polar surface area (TPSA) is 17.1 Å². The minimum atomic E-state index is -0.321. The summed E-state index contributed by atoms with van der Waals surface area (Å²) in [4.78, 5) is 12.7. The number of halogens is 1. The molecule has 1 aliphatic rings. The summed E-state index contributed by atoms with van der Waals surface area (Å²) in [6, 6.07) is 6.13. The SMILES string of the molecule is CC(C)CC1(C(=O)c2cccc(F)c2)CCCC1. The van der Waals surface area contributed by atoms with Crippen LogP contribution >= 0.6 is 0 Å². The molecular weight excluding hydrogens is 227 g/mol. The Kier molecular flexibility index (Phi) is 3.84. The Hall–Kier alpha value is -1.18. The van der Waals surface area contributed by atoms with Crippen molar-refractivity contribution in [3.05, 3.63) is 35.6 Å². The highest BCUT2D eigenvalue weighted by atomic mass is 19.1. The maximum absolute atomic E-state index is 13.2. The number of rotatable bonds is 4. The third-order valence-electron chi connectivity index (χ3n) is 3.93. The molecule has 2 rings (SSSR count). The molecule has 18 heavy (non-hydrogen) atoms. The fraction of sp³-hybridized carbons (Fsp3) is 0.562. The van der Waals surface area contributed by atoms with Crippen LogP contribution in [0.3, 0.4) is 0 Å². The van der Waals surface area contributed by atoms with Gasteiger partial charge in [0.15, 0.2) is 5.78 Å². The van der Waals surface area contributed by atoms with Crippen LogP contribution in [0.4, 0.5) is 4.39 Å². The summed E-state index contributed by atoms with van der Waals surface area (Å²) < 4.78 is 13.2. The van der Waals surface area contributed by atoms with Crippen LogP contribution in [0.2, 0.25) is 0 Å². The molecule has 0 aromatic heterocycles. The zero-order valence-electron chi connectivity index (χ0n) is 11.2. The maximum atomic E-state index is 13.2. The number of benzene rings is 1. The van der Waals surface area contributed by atoms with Crippen LogP contribution in [-0.4, -0.2) is 5.78 Å². The van der Waals surface area contributed by atoms with Gasteiger partial charge >= 0.3 is 0 Å². The molecule has 0 aliphatic heterocycles. The Morgan fingerprint density at radius 2 is 2.00 bits per heavy atom. The van der Waals surface area contributed by atoms with E-state index in [9.17, 15) is 9.18 Å². The second-order valence-electron chi connectivity index (χ2n) is 5.92. The van der Waals surface area contributed by atoms with Crippen molar-refractivity contribution >= 4 is 5.78 Å². The molecule has 0 unspecified atom stereocenters.